The number of sulfone groups is 1. The van der Waals surface area contributed by atoms with E-state index in [4.69, 9.17) is 9.97 Å². The lowest BCUT2D eigenvalue weighted by atomic mass is 10.1. The van der Waals surface area contributed by atoms with Gasteiger partial charge in [-0.05, 0) is 43.9 Å². The second-order valence-electron chi connectivity index (χ2n) is 8.82. The maximum absolute atomic E-state index is 15.0. The monoisotopic (exact) mass is 496 g/mol. The molecule has 0 saturated heterocycles. The van der Waals surface area contributed by atoms with Gasteiger partial charge in [-0.3, -0.25) is 9.78 Å². The second kappa shape index (κ2) is 8.45. The van der Waals surface area contributed by atoms with E-state index < -0.39 is 15.7 Å². The Morgan fingerprint density at radius 1 is 1.23 bits per heavy atom. The molecule has 0 radical (unpaired) electrons. The van der Waals surface area contributed by atoms with Crippen molar-refractivity contribution in [2.45, 2.75) is 30.6 Å². The van der Waals surface area contributed by atoms with E-state index in [2.05, 4.69) is 20.6 Å². The summed E-state index contributed by atoms with van der Waals surface area (Å²) in [6, 6.07) is 5.66. The molecule has 1 aliphatic rings. The Hall–Kier alpha value is -3.80. The molecule has 182 valence electrons. The zero-order chi connectivity index (χ0) is 24.9. The summed E-state index contributed by atoms with van der Waals surface area (Å²) in [5, 5.41) is 14.8. The molecule has 3 heterocycles. The SMILES string of the molecule is Cc1cc(Nc2nc(N(C)c3ccc(S(C)(=O)=O)cc3F)nc(-c3cnn(C)c3)c2C2CC2)n[nH]1. The minimum Gasteiger partial charge on any atom is -0.323 e. The molecule has 0 spiro atoms. The number of benzene rings is 1. The fraction of sp³-hybridized carbons (Fsp3) is 0.304. The maximum atomic E-state index is 15.0. The van der Waals surface area contributed by atoms with Crippen molar-refractivity contribution in [1.29, 1.82) is 0 Å². The summed E-state index contributed by atoms with van der Waals surface area (Å²) in [5.41, 5.74) is 3.53. The van der Waals surface area contributed by atoms with Crippen LogP contribution in [-0.4, -0.2) is 51.7 Å². The number of hydrogen-bond donors (Lipinski definition) is 2. The van der Waals surface area contributed by atoms with Gasteiger partial charge in [-0.25, -0.2) is 17.8 Å². The topological polar surface area (TPSA) is 122 Å². The summed E-state index contributed by atoms with van der Waals surface area (Å²) in [6.07, 6.45) is 6.69. The number of aromatic amines is 1. The number of nitrogens with zero attached hydrogens (tertiary/aromatic N) is 6. The first-order valence-electron chi connectivity index (χ1n) is 11.0. The number of halogens is 1. The summed E-state index contributed by atoms with van der Waals surface area (Å²) in [4.78, 5) is 11.0. The molecule has 35 heavy (non-hydrogen) atoms. The van der Waals surface area contributed by atoms with E-state index in [-0.39, 0.29) is 22.4 Å². The summed E-state index contributed by atoms with van der Waals surface area (Å²) in [5.74, 6) is 1.04. The minimum absolute atomic E-state index is 0.0931. The molecule has 3 aromatic heterocycles. The highest BCUT2D eigenvalue weighted by atomic mass is 32.2. The molecule has 2 N–H and O–H groups in total. The number of aryl methyl sites for hydroxylation is 2. The molecule has 1 aromatic carbocycles. The molecule has 0 amide bonds. The van der Waals surface area contributed by atoms with Gasteiger partial charge < -0.3 is 10.2 Å². The highest BCUT2D eigenvalue weighted by molar-refractivity contribution is 7.90. The molecule has 5 rings (SSSR count). The van der Waals surface area contributed by atoms with Gasteiger partial charge in [0.2, 0.25) is 5.95 Å². The molecule has 1 aliphatic carbocycles. The molecule has 1 saturated carbocycles. The first kappa shape index (κ1) is 23.0. The van der Waals surface area contributed by atoms with E-state index in [0.717, 1.165) is 42.0 Å². The maximum Gasteiger partial charge on any atom is 0.232 e. The zero-order valence-corrected chi connectivity index (χ0v) is 20.6. The Balaban J connectivity index is 1.65. The van der Waals surface area contributed by atoms with Gasteiger partial charge in [0.15, 0.2) is 15.7 Å². The molecule has 0 bridgehead atoms. The normalized spacial score (nSPS) is 13.7. The Morgan fingerprint density at radius 3 is 2.57 bits per heavy atom. The van der Waals surface area contributed by atoms with Gasteiger partial charge in [-0.15, -0.1) is 0 Å². The van der Waals surface area contributed by atoms with Gasteiger partial charge in [-0.1, -0.05) is 0 Å². The predicted molar refractivity (Wildman–Crippen MR) is 130 cm³/mol. The number of anilines is 4. The number of hydrogen-bond acceptors (Lipinski definition) is 8. The van der Waals surface area contributed by atoms with Crippen LogP contribution in [0.15, 0.2) is 41.6 Å². The quantitative estimate of drug-likeness (QED) is 0.396. The third-order valence-corrected chi connectivity index (χ3v) is 6.97. The highest BCUT2D eigenvalue weighted by Gasteiger charge is 2.33. The predicted octanol–water partition coefficient (Wildman–Crippen LogP) is 3.84. The van der Waals surface area contributed by atoms with Crippen LogP contribution in [0.4, 0.5) is 27.7 Å². The number of H-pyrrole nitrogens is 1. The van der Waals surface area contributed by atoms with Crippen LogP contribution in [0.1, 0.15) is 30.0 Å². The van der Waals surface area contributed by atoms with Crippen molar-refractivity contribution >= 4 is 33.1 Å². The van der Waals surface area contributed by atoms with E-state index in [9.17, 15) is 8.42 Å². The zero-order valence-electron chi connectivity index (χ0n) is 19.7. The number of nitrogens with one attached hydrogen (secondary N) is 2. The molecule has 10 nitrogen and oxygen atoms in total. The largest absolute Gasteiger partial charge is 0.323 e. The Bertz CT molecular complexity index is 1520. The highest BCUT2D eigenvalue weighted by Crippen LogP contribution is 2.48. The molecule has 0 aliphatic heterocycles. The Labute approximate surface area is 202 Å². The lowest BCUT2D eigenvalue weighted by molar-refractivity contribution is 0.596. The first-order valence-corrected chi connectivity index (χ1v) is 12.9. The van der Waals surface area contributed by atoms with Gasteiger partial charge in [0.05, 0.1) is 22.5 Å². The van der Waals surface area contributed by atoms with Crippen molar-refractivity contribution in [3.8, 4) is 11.3 Å². The summed E-state index contributed by atoms with van der Waals surface area (Å²) in [7, 11) is -0.0680. The van der Waals surface area contributed by atoms with Crippen LogP contribution in [0.5, 0.6) is 0 Å². The van der Waals surface area contributed by atoms with E-state index in [1.165, 1.54) is 17.0 Å². The first-order chi connectivity index (χ1) is 16.6. The smallest absolute Gasteiger partial charge is 0.232 e. The van der Waals surface area contributed by atoms with Gasteiger partial charge in [0.1, 0.15) is 11.6 Å². The summed E-state index contributed by atoms with van der Waals surface area (Å²) >= 11 is 0. The standard InChI is InChI=1S/C23H25FN8O2S/c1-13-9-19(30-29-13)26-22-20(14-5-6-14)21(15-11-25-31(2)12-15)27-23(28-22)32(3)18-8-7-16(10-17(18)24)35(4,33)34/h7-12,14H,5-6H2,1-4H3,(H2,26,27,28,29,30). The summed E-state index contributed by atoms with van der Waals surface area (Å²) in [6.45, 7) is 1.91. The van der Waals surface area contributed by atoms with E-state index in [0.29, 0.717) is 17.3 Å². The van der Waals surface area contributed by atoms with Gasteiger partial charge >= 0.3 is 0 Å². The minimum atomic E-state index is -3.54. The van der Waals surface area contributed by atoms with Crippen molar-refractivity contribution in [1.82, 2.24) is 29.9 Å². The van der Waals surface area contributed by atoms with Crippen LogP contribution >= 0.6 is 0 Å². The van der Waals surface area contributed by atoms with Gasteiger partial charge in [0, 0.05) is 49.4 Å². The third-order valence-electron chi connectivity index (χ3n) is 5.86. The second-order valence-corrected chi connectivity index (χ2v) is 10.8. The van der Waals surface area contributed by atoms with Crippen LogP contribution in [0.3, 0.4) is 0 Å². The van der Waals surface area contributed by atoms with Crippen molar-refractivity contribution in [3.05, 3.63) is 53.7 Å². The van der Waals surface area contributed by atoms with E-state index in [1.807, 2.05) is 26.2 Å². The fourth-order valence-electron chi connectivity index (χ4n) is 3.93. The molecule has 0 atom stereocenters. The molecule has 12 heteroatoms. The molecule has 1 fully saturated rings. The number of rotatable bonds is 7. The van der Waals surface area contributed by atoms with Crippen LogP contribution in [0.25, 0.3) is 11.3 Å². The van der Waals surface area contributed by atoms with Gasteiger partial charge in [0.25, 0.3) is 0 Å². The molecular formula is C23H25FN8O2S. The van der Waals surface area contributed by atoms with E-state index >= 15 is 4.39 Å². The average molecular weight is 497 g/mol. The Kier molecular flexibility index (Phi) is 5.55. The number of aromatic nitrogens is 6. The van der Waals surface area contributed by atoms with Crippen molar-refractivity contribution in [2.24, 2.45) is 7.05 Å². The fourth-order valence-corrected chi connectivity index (χ4v) is 4.56. The average Bonchev–Trinajstić information content (AvgIpc) is 3.41. The van der Waals surface area contributed by atoms with Crippen LogP contribution < -0.4 is 10.2 Å². The van der Waals surface area contributed by atoms with Gasteiger partial charge in [-0.2, -0.15) is 15.2 Å². The Morgan fingerprint density at radius 2 is 2.00 bits per heavy atom. The molecule has 0 unspecified atom stereocenters. The van der Waals surface area contributed by atoms with Crippen LogP contribution in [-0.2, 0) is 16.9 Å². The van der Waals surface area contributed by atoms with Crippen LogP contribution in [0.2, 0.25) is 0 Å². The molecular weight excluding hydrogens is 471 g/mol. The molecule has 4 aromatic rings. The lowest BCUT2D eigenvalue weighted by Gasteiger charge is -2.22. The van der Waals surface area contributed by atoms with Crippen LogP contribution in [0, 0.1) is 12.7 Å². The van der Waals surface area contributed by atoms with Crippen molar-refractivity contribution in [3.63, 3.8) is 0 Å². The van der Waals surface area contributed by atoms with Crippen molar-refractivity contribution in [2.75, 3.05) is 23.5 Å². The third kappa shape index (κ3) is 4.61. The van der Waals surface area contributed by atoms with Crippen molar-refractivity contribution < 1.29 is 12.8 Å². The lowest BCUT2D eigenvalue weighted by Crippen LogP contribution is -2.17. The van der Waals surface area contributed by atoms with E-state index in [1.54, 1.807) is 17.9 Å². The summed E-state index contributed by atoms with van der Waals surface area (Å²) < 4.78 is 40.4.